The molecule has 13 nitrogen and oxygen atoms in total. The third-order valence-electron chi connectivity index (χ3n) is 9.37. The second-order valence-corrected chi connectivity index (χ2v) is 12.8. The summed E-state index contributed by atoms with van der Waals surface area (Å²) in [6, 6.07) is 4.92. The number of pyridine rings is 1. The average molecular weight is 646 g/mol. The summed E-state index contributed by atoms with van der Waals surface area (Å²) in [6.45, 7) is 5.78. The number of hydrogen-bond donors (Lipinski definition) is 3. The van der Waals surface area contributed by atoms with Crippen LogP contribution in [0.4, 0.5) is 20.4 Å². The van der Waals surface area contributed by atoms with Crippen LogP contribution < -0.4 is 10.6 Å². The molecule has 0 spiro atoms. The van der Waals surface area contributed by atoms with Gasteiger partial charge in [-0.2, -0.15) is 15.3 Å². The number of amides is 1. The zero-order chi connectivity index (χ0) is 32.9. The van der Waals surface area contributed by atoms with Crippen LogP contribution in [0.15, 0.2) is 43.0 Å². The number of aryl methyl sites for hydroxylation is 2. The summed E-state index contributed by atoms with van der Waals surface area (Å²) in [4.78, 5) is 28.0. The summed E-state index contributed by atoms with van der Waals surface area (Å²) in [5.74, 6) is -0.623. The van der Waals surface area contributed by atoms with Gasteiger partial charge in [-0.1, -0.05) is 6.07 Å². The van der Waals surface area contributed by atoms with Gasteiger partial charge in [0.1, 0.15) is 17.2 Å². The van der Waals surface area contributed by atoms with E-state index in [0.717, 1.165) is 16.8 Å². The summed E-state index contributed by atoms with van der Waals surface area (Å²) in [5.41, 5.74) is 2.26. The van der Waals surface area contributed by atoms with Crippen molar-refractivity contribution in [1.82, 2.24) is 50.0 Å². The number of rotatable bonds is 9. The average Bonchev–Trinajstić information content (AvgIpc) is 3.79. The first-order chi connectivity index (χ1) is 22.5. The van der Waals surface area contributed by atoms with Gasteiger partial charge >= 0.3 is 0 Å². The molecule has 0 bridgehead atoms. The molecule has 2 fully saturated rings. The number of aromatic nitrogens is 9. The molecule has 2 saturated carbocycles. The second kappa shape index (κ2) is 11.8. The Morgan fingerprint density at radius 1 is 1.11 bits per heavy atom. The van der Waals surface area contributed by atoms with Crippen molar-refractivity contribution in [1.29, 1.82) is 0 Å². The molecule has 5 aromatic heterocycles. The first kappa shape index (κ1) is 30.8. The van der Waals surface area contributed by atoms with E-state index in [9.17, 15) is 13.6 Å². The fraction of sp³-hybridized carbons (Fsp3) is 0.469. The number of carbonyl (C=O) groups excluding carboxylic acids is 1. The number of aromatic amines is 1. The van der Waals surface area contributed by atoms with Crippen molar-refractivity contribution in [3.8, 4) is 5.82 Å². The molecule has 0 radical (unpaired) electrons. The monoisotopic (exact) mass is 645 g/mol. The first-order valence-electron chi connectivity index (χ1n) is 15.8. The molecule has 3 N–H and O–H groups in total. The van der Waals surface area contributed by atoms with Gasteiger partial charge in [-0.3, -0.25) is 9.89 Å². The lowest BCUT2D eigenvalue weighted by atomic mass is 9.77. The van der Waals surface area contributed by atoms with Crippen molar-refractivity contribution in [3.63, 3.8) is 0 Å². The summed E-state index contributed by atoms with van der Waals surface area (Å²) < 4.78 is 36.8. The summed E-state index contributed by atoms with van der Waals surface area (Å²) in [6.07, 6.45) is 8.58. The van der Waals surface area contributed by atoms with Gasteiger partial charge in [0.25, 0.3) is 11.8 Å². The van der Waals surface area contributed by atoms with E-state index in [4.69, 9.17) is 14.7 Å². The zero-order valence-electron chi connectivity index (χ0n) is 26.7. The molecule has 1 atom stereocenters. The van der Waals surface area contributed by atoms with E-state index in [1.807, 2.05) is 45.2 Å². The number of alkyl halides is 2. The van der Waals surface area contributed by atoms with E-state index >= 15 is 0 Å². The largest absolute Gasteiger partial charge is 0.368 e. The number of nitrogens with one attached hydrogen (secondary N) is 3. The lowest BCUT2D eigenvalue weighted by Crippen LogP contribution is -2.50. The Kier molecular flexibility index (Phi) is 7.73. The van der Waals surface area contributed by atoms with Gasteiger partial charge < -0.3 is 15.4 Å². The summed E-state index contributed by atoms with van der Waals surface area (Å²) in [5, 5.41) is 22.9. The molecule has 5 heterocycles. The predicted molar refractivity (Wildman–Crippen MR) is 169 cm³/mol. The first-order valence-corrected chi connectivity index (χ1v) is 15.8. The maximum Gasteiger partial charge on any atom is 0.252 e. The van der Waals surface area contributed by atoms with Crippen molar-refractivity contribution >= 4 is 28.6 Å². The third-order valence-corrected chi connectivity index (χ3v) is 9.37. The number of fused-ring (bicyclic) bond motifs is 1. The van der Waals surface area contributed by atoms with E-state index in [0.29, 0.717) is 60.0 Å². The maximum absolute atomic E-state index is 13.8. The Morgan fingerprint density at radius 2 is 1.89 bits per heavy atom. The van der Waals surface area contributed by atoms with Crippen LogP contribution in [0.3, 0.4) is 0 Å². The normalized spacial score (nSPS) is 21.8. The number of nitrogens with zero attached hydrogens (tertiary/aromatic N) is 8. The van der Waals surface area contributed by atoms with Crippen molar-refractivity contribution in [3.05, 3.63) is 65.6 Å². The van der Waals surface area contributed by atoms with Crippen LogP contribution in [-0.4, -0.2) is 69.3 Å². The van der Waals surface area contributed by atoms with Crippen LogP contribution in [0, 0.1) is 13.8 Å². The molecule has 0 aliphatic heterocycles. The van der Waals surface area contributed by atoms with Gasteiger partial charge in [-0.25, -0.2) is 33.1 Å². The highest BCUT2D eigenvalue weighted by Crippen LogP contribution is 2.47. The number of halogens is 2. The number of H-pyrrole nitrogens is 1. The standard InChI is InChI=1S/C32H37F2N11O2/c1-18-14-36-44(17-18)26-6-5-22(15-35-26)20(3)38-30(46)31(47-4)9-7-21(8-10-31)27-40-28(39-25-11-19(2)42-43-25)24-16-37-45(29(24)41-27)23-12-32(33,34)13-23/h5-6,11,14-17,20-21,23H,7-10,12-13H2,1-4H3,(H,38,46)(H2,39,40,41,42,43)/t20-,21?,31?/m0/s1. The second-order valence-electron chi connectivity index (χ2n) is 12.8. The molecule has 246 valence electrons. The Labute approximate surface area is 269 Å². The highest BCUT2D eigenvalue weighted by atomic mass is 19.3. The smallest absolute Gasteiger partial charge is 0.252 e. The van der Waals surface area contributed by atoms with Gasteiger partial charge in [0.2, 0.25) is 0 Å². The molecule has 15 heteroatoms. The molecule has 1 amide bonds. The van der Waals surface area contributed by atoms with E-state index < -0.39 is 17.6 Å². The number of hydrogen-bond acceptors (Lipinski definition) is 9. The fourth-order valence-corrected chi connectivity index (χ4v) is 6.50. The van der Waals surface area contributed by atoms with E-state index in [1.165, 1.54) is 0 Å². The Morgan fingerprint density at radius 3 is 2.51 bits per heavy atom. The van der Waals surface area contributed by atoms with Gasteiger partial charge in [-0.05, 0) is 63.6 Å². The highest BCUT2D eigenvalue weighted by Gasteiger charge is 2.48. The topological polar surface area (TPSA) is 153 Å². The van der Waals surface area contributed by atoms with Gasteiger partial charge in [0.15, 0.2) is 17.3 Å². The molecule has 0 unspecified atom stereocenters. The number of carbonyl (C=O) groups is 1. The van der Waals surface area contributed by atoms with Crippen LogP contribution in [0.2, 0.25) is 0 Å². The minimum atomic E-state index is -2.70. The molecule has 5 aromatic rings. The fourth-order valence-electron chi connectivity index (χ4n) is 6.50. The molecule has 0 saturated heterocycles. The zero-order valence-corrected chi connectivity index (χ0v) is 26.7. The SMILES string of the molecule is COC1(C(=O)N[C@@H](C)c2ccc(-n3cc(C)cn3)nc2)CCC(c2nc(Nc3cc(C)[nH]n3)c3cnn(C4CC(F)(F)C4)c3n2)CC1. The Bertz CT molecular complexity index is 1900. The molecular weight excluding hydrogens is 608 g/mol. The summed E-state index contributed by atoms with van der Waals surface area (Å²) in [7, 11) is 1.57. The number of anilines is 2. The Balaban J connectivity index is 1.08. The summed E-state index contributed by atoms with van der Waals surface area (Å²) >= 11 is 0. The molecule has 2 aliphatic rings. The van der Waals surface area contributed by atoms with Crippen molar-refractivity contribution < 1.29 is 18.3 Å². The minimum Gasteiger partial charge on any atom is -0.368 e. The molecule has 7 rings (SSSR count). The van der Waals surface area contributed by atoms with Gasteiger partial charge in [0.05, 0.1) is 29.9 Å². The van der Waals surface area contributed by atoms with Crippen LogP contribution in [0.25, 0.3) is 16.9 Å². The highest BCUT2D eigenvalue weighted by molar-refractivity contribution is 5.88. The van der Waals surface area contributed by atoms with E-state index in [1.54, 1.807) is 35.1 Å². The van der Waals surface area contributed by atoms with E-state index in [2.05, 4.69) is 36.0 Å². The van der Waals surface area contributed by atoms with Crippen molar-refractivity contribution in [2.75, 3.05) is 12.4 Å². The molecule has 2 aliphatic carbocycles. The van der Waals surface area contributed by atoms with Crippen LogP contribution >= 0.6 is 0 Å². The maximum atomic E-state index is 13.8. The van der Waals surface area contributed by atoms with Crippen molar-refractivity contribution in [2.24, 2.45) is 0 Å². The van der Waals surface area contributed by atoms with Crippen LogP contribution in [0.1, 0.15) is 86.1 Å². The molecule has 0 aromatic carbocycles. The van der Waals surface area contributed by atoms with Crippen LogP contribution in [0.5, 0.6) is 0 Å². The molecular formula is C32H37F2N11O2. The number of ether oxygens (including phenoxy) is 1. The predicted octanol–water partition coefficient (Wildman–Crippen LogP) is 5.38. The lowest BCUT2D eigenvalue weighted by molar-refractivity contribution is -0.148. The van der Waals surface area contributed by atoms with Gasteiger partial charge in [0, 0.05) is 50.0 Å². The van der Waals surface area contributed by atoms with Crippen molar-refractivity contribution in [2.45, 2.75) is 88.8 Å². The Hall–Kier alpha value is -4.79. The quantitative estimate of drug-likeness (QED) is 0.192. The lowest BCUT2D eigenvalue weighted by Gasteiger charge is -2.38. The molecule has 47 heavy (non-hydrogen) atoms. The number of methoxy groups -OCH3 is 1. The minimum absolute atomic E-state index is 0.0803. The van der Waals surface area contributed by atoms with E-state index in [-0.39, 0.29) is 30.7 Å². The third kappa shape index (κ3) is 5.95. The van der Waals surface area contributed by atoms with Crippen LogP contribution in [-0.2, 0) is 9.53 Å². The van der Waals surface area contributed by atoms with Gasteiger partial charge in [-0.15, -0.1) is 0 Å².